The lowest BCUT2D eigenvalue weighted by molar-refractivity contribution is 0.0264. The van der Waals surface area contributed by atoms with Crippen molar-refractivity contribution >= 4 is 0 Å². The third-order valence-electron chi connectivity index (χ3n) is 4.02. The van der Waals surface area contributed by atoms with E-state index in [1.54, 1.807) is 18.2 Å². The molecule has 1 aliphatic carbocycles. The quantitative estimate of drug-likeness (QED) is 0.760. The minimum atomic E-state index is -0.542. The van der Waals surface area contributed by atoms with Crippen molar-refractivity contribution < 1.29 is 14.2 Å². The van der Waals surface area contributed by atoms with Gasteiger partial charge in [-0.3, -0.25) is 0 Å². The van der Waals surface area contributed by atoms with Gasteiger partial charge < -0.3 is 15.2 Å². The summed E-state index contributed by atoms with van der Waals surface area (Å²) in [6, 6.07) is 7.08. The Labute approximate surface area is 126 Å². The smallest absolute Gasteiger partial charge is 0.128 e. The van der Waals surface area contributed by atoms with Gasteiger partial charge in [-0.15, -0.1) is 0 Å². The number of benzene rings is 1. The van der Waals surface area contributed by atoms with Gasteiger partial charge >= 0.3 is 0 Å². The van der Waals surface area contributed by atoms with E-state index in [4.69, 9.17) is 4.74 Å². The molecule has 0 bridgehead atoms. The van der Waals surface area contributed by atoms with E-state index >= 15 is 0 Å². The van der Waals surface area contributed by atoms with Crippen LogP contribution in [0.3, 0.4) is 0 Å². The van der Waals surface area contributed by atoms with Crippen molar-refractivity contribution in [2.24, 2.45) is 0 Å². The molecule has 21 heavy (non-hydrogen) atoms. The van der Waals surface area contributed by atoms with Crippen molar-refractivity contribution in [3.63, 3.8) is 0 Å². The highest BCUT2D eigenvalue weighted by atomic mass is 19.1. The first-order valence-corrected chi connectivity index (χ1v) is 7.98. The lowest BCUT2D eigenvalue weighted by Crippen LogP contribution is -2.37. The fraction of sp³-hybridized carbons (Fsp3) is 0.647. The Morgan fingerprint density at radius 1 is 1.19 bits per heavy atom. The topological polar surface area (TPSA) is 41.5 Å². The highest BCUT2D eigenvalue weighted by Crippen LogP contribution is 2.17. The van der Waals surface area contributed by atoms with Gasteiger partial charge in [-0.25, -0.2) is 4.39 Å². The normalized spacial score (nSPS) is 18.4. The monoisotopic (exact) mass is 295 g/mol. The summed E-state index contributed by atoms with van der Waals surface area (Å²) in [5, 5.41) is 13.3. The van der Waals surface area contributed by atoms with Crippen LogP contribution in [0.4, 0.5) is 4.39 Å². The molecule has 2 N–H and O–H groups in total. The first-order valence-electron chi connectivity index (χ1n) is 7.98. The molecule has 1 unspecified atom stereocenters. The zero-order valence-electron chi connectivity index (χ0n) is 12.6. The number of hydrogen-bond acceptors (Lipinski definition) is 3. The van der Waals surface area contributed by atoms with Gasteiger partial charge in [0.1, 0.15) is 5.82 Å². The second-order valence-corrected chi connectivity index (χ2v) is 5.86. The molecule has 2 rings (SSSR count). The Bertz CT molecular complexity index is 406. The molecular formula is C17H26FNO2. The second kappa shape index (κ2) is 9.13. The number of rotatable bonds is 7. The maximum atomic E-state index is 13.4. The number of aliphatic hydroxyl groups is 1. The van der Waals surface area contributed by atoms with Crippen LogP contribution in [0.25, 0.3) is 0 Å². The molecule has 0 aromatic heterocycles. The van der Waals surface area contributed by atoms with E-state index in [-0.39, 0.29) is 19.0 Å². The highest BCUT2D eigenvalue weighted by Gasteiger charge is 2.13. The van der Waals surface area contributed by atoms with E-state index in [0.717, 1.165) is 0 Å². The van der Waals surface area contributed by atoms with Gasteiger partial charge in [0, 0.05) is 18.2 Å². The molecular weight excluding hydrogens is 269 g/mol. The molecule has 0 heterocycles. The van der Waals surface area contributed by atoms with Gasteiger partial charge in [0.05, 0.1) is 19.3 Å². The van der Waals surface area contributed by atoms with E-state index in [0.29, 0.717) is 18.2 Å². The van der Waals surface area contributed by atoms with Crippen molar-refractivity contribution in [3.8, 4) is 0 Å². The molecule has 1 aromatic rings. The first-order chi connectivity index (χ1) is 10.3. The molecule has 0 spiro atoms. The van der Waals surface area contributed by atoms with Crippen LogP contribution in [-0.4, -0.2) is 30.4 Å². The molecule has 0 amide bonds. The fourth-order valence-electron chi connectivity index (χ4n) is 2.77. The van der Waals surface area contributed by atoms with Crippen LogP contribution in [0.1, 0.15) is 44.1 Å². The average molecular weight is 295 g/mol. The number of halogens is 1. The van der Waals surface area contributed by atoms with Crippen LogP contribution in [-0.2, 0) is 11.3 Å². The number of nitrogens with one attached hydrogen (secondary N) is 1. The second-order valence-electron chi connectivity index (χ2n) is 5.86. The van der Waals surface area contributed by atoms with Gasteiger partial charge in [-0.2, -0.15) is 0 Å². The van der Waals surface area contributed by atoms with E-state index < -0.39 is 6.10 Å². The predicted octanol–water partition coefficient (Wildman–Crippen LogP) is 3.02. The largest absolute Gasteiger partial charge is 0.389 e. The van der Waals surface area contributed by atoms with Gasteiger partial charge in [0.15, 0.2) is 0 Å². The third kappa shape index (κ3) is 6.12. The van der Waals surface area contributed by atoms with Crippen molar-refractivity contribution in [1.82, 2.24) is 5.32 Å². The summed E-state index contributed by atoms with van der Waals surface area (Å²) in [5.74, 6) is -0.261. The molecule has 0 aliphatic heterocycles. The molecule has 1 saturated carbocycles. The minimum Gasteiger partial charge on any atom is -0.389 e. The summed E-state index contributed by atoms with van der Waals surface area (Å²) in [4.78, 5) is 0. The summed E-state index contributed by atoms with van der Waals surface area (Å²) in [5.41, 5.74) is 0.529. The van der Waals surface area contributed by atoms with Crippen molar-refractivity contribution in [2.75, 3.05) is 13.2 Å². The fourth-order valence-corrected chi connectivity index (χ4v) is 2.77. The van der Waals surface area contributed by atoms with Crippen molar-refractivity contribution in [1.29, 1.82) is 0 Å². The van der Waals surface area contributed by atoms with Crippen LogP contribution in [0.5, 0.6) is 0 Å². The Kier molecular flexibility index (Phi) is 7.13. The van der Waals surface area contributed by atoms with Crippen molar-refractivity contribution in [3.05, 3.63) is 35.6 Å². The molecule has 4 heteroatoms. The number of aliphatic hydroxyl groups excluding tert-OH is 1. The van der Waals surface area contributed by atoms with Gasteiger partial charge in [-0.05, 0) is 18.9 Å². The molecule has 0 radical (unpaired) electrons. The van der Waals surface area contributed by atoms with E-state index in [1.165, 1.54) is 44.6 Å². The highest BCUT2D eigenvalue weighted by molar-refractivity contribution is 5.16. The number of ether oxygens (including phenoxy) is 1. The van der Waals surface area contributed by atoms with Gasteiger partial charge in [0.2, 0.25) is 0 Å². The summed E-state index contributed by atoms with van der Waals surface area (Å²) < 4.78 is 18.8. The minimum absolute atomic E-state index is 0.202. The Morgan fingerprint density at radius 2 is 1.90 bits per heavy atom. The first kappa shape index (κ1) is 16.4. The van der Waals surface area contributed by atoms with Crippen LogP contribution in [0, 0.1) is 5.82 Å². The standard InChI is InChI=1S/C17H26FNO2/c18-17-10-6-5-7-14(17)12-21-13-16(20)11-19-15-8-3-1-2-4-9-15/h5-7,10,15-16,19-20H,1-4,8-9,11-13H2. The summed E-state index contributed by atoms with van der Waals surface area (Å²) in [7, 11) is 0. The molecule has 1 atom stereocenters. The van der Waals surface area contributed by atoms with Crippen LogP contribution in [0.2, 0.25) is 0 Å². The van der Waals surface area contributed by atoms with E-state index in [2.05, 4.69) is 5.32 Å². The molecule has 1 fully saturated rings. The van der Waals surface area contributed by atoms with Gasteiger partial charge in [0.25, 0.3) is 0 Å². The van der Waals surface area contributed by atoms with E-state index in [1.807, 2.05) is 0 Å². The van der Waals surface area contributed by atoms with Gasteiger partial charge in [-0.1, -0.05) is 43.9 Å². The lowest BCUT2D eigenvalue weighted by Gasteiger charge is -2.19. The Morgan fingerprint density at radius 3 is 2.62 bits per heavy atom. The number of hydrogen-bond donors (Lipinski definition) is 2. The Balaban J connectivity index is 1.61. The lowest BCUT2D eigenvalue weighted by atomic mass is 10.1. The predicted molar refractivity (Wildman–Crippen MR) is 81.6 cm³/mol. The van der Waals surface area contributed by atoms with Crippen LogP contribution in [0.15, 0.2) is 24.3 Å². The third-order valence-corrected chi connectivity index (χ3v) is 4.02. The molecule has 1 aromatic carbocycles. The molecule has 118 valence electrons. The van der Waals surface area contributed by atoms with Crippen LogP contribution >= 0.6 is 0 Å². The zero-order valence-corrected chi connectivity index (χ0v) is 12.6. The Hall–Kier alpha value is -0.970. The zero-order chi connectivity index (χ0) is 14.9. The summed E-state index contributed by atoms with van der Waals surface area (Å²) >= 11 is 0. The van der Waals surface area contributed by atoms with Crippen LogP contribution < -0.4 is 5.32 Å². The average Bonchev–Trinajstić information content (AvgIpc) is 2.76. The summed E-state index contributed by atoms with van der Waals surface area (Å²) in [6.45, 7) is 0.975. The molecule has 3 nitrogen and oxygen atoms in total. The van der Waals surface area contributed by atoms with Crippen molar-refractivity contribution in [2.45, 2.75) is 57.3 Å². The molecule has 0 saturated heterocycles. The molecule has 1 aliphatic rings. The summed E-state index contributed by atoms with van der Waals surface area (Å²) in [6.07, 6.45) is 7.06. The SMILES string of the molecule is OC(CNC1CCCCCC1)COCc1ccccc1F. The maximum Gasteiger partial charge on any atom is 0.128 e. The van der Waals surface area contributed by atoms with E-state index in [9.17, 15) is 9.50 Å². The maximum absolute atomic E-state index is 13.4.